The lowest BCUT2D eigenvalue weighted by Crippen LogP contribution is -2.13. The second-order valence-corrected chi connectivity index (χ2v) is 6.66. The van der Waals surface area contributed by atoms with Gasteiger partial charge in [-0.2, -0.15) is 0 Å². The van der Waals surface area contributed by atoms with Crippen molar-refractivity contribution in [3.8, 4) is 11.5 Å². The molecule has 144 valence electrons. The van der Waals surface area contributed by atoms with E-state index in [-0.39, 0.29) is 0 Å². The van der Waals surface area contributed by atoms with Gasteiger partial charge >= 0.3 is 0 Å². The molecule has 6 heteroatoms. The minimum absolute atomic E-state index is 0.680. The first-order valence-electron chi connectivity index (χ1n) is 9.18. The van der Waals surface area contributed by atoms with Crippen LogP contribution in [0.5, 0.6) is 11.5 Å². The molecule has 28 heavy (non-hydrogen) atoms. The summed E-state index contributed by atoms with van der Waals surface area (Å²) in [5.74, 6) is 1.68. The first-order valence-corrected chi connectivity index (χ1v) is 9.18. The fraction of sp³-hybridized carbons (Fsp3) is 0.182. The summed E-state index contributed by atoms with van der Waals surface area (Å²) in [5, 5.41) is 10.4. The normalized spacial score (nSPS) is 12.4. The third-order valence-electron chi connectivity index (χ3n) is 4.85. The molecule has 0 radical (unpaired) electrons. The number of hydrogen-bond acceptors (Lipinski definition) is 6. The Hall–Kier alpha value is -3.54. The predicted octanol–water partition coefficient (Wildman–Crippen LogP) is 4.74. The molecule has 0 aromatic heterocycles. The number of hydrogen-bond donors (Lipinski definition) is 4. The van der Waals surface area contributed by atoms with Gasteiger partial charge in [0.25, 0.3) is 0 Å². The van der Waals surface area contributed by atoms with Crippen LogP contribution in [0.25, 0.3) is 0 Å². The third-order valence-corrected chi connectivity index (χ3v) is 4.85. The van der Waals surface area contributed by atoms with Crippen molar-refractivity contribution in [2.75, 3.05) is 42.4 Å². The van der Waals surface area contributed by atoms with Crippen LogP contribution in [0.1, 0.15) is 5.56 Å². The third kappa shape index (κ3) is 3.62. The lowest BCUT2D eigenvalue weighted by Gasteiger charge is -2.23. The molecular formula is C22H24N4O2. The molecule has 0 aliphatic carbocycles. The van der Waals surface area contributed by atoms with Gasteiger partial charge in [0, 0.05) is 17.9 Å². The Kier molecular flexibility index (Phi) is 4.85. The Morgan fingerprint density at radius 1 is 0.857 bits per heavy atom. The molecule has 0 fully saturated rings. The number of anilines is 6. The number of benzene rings is 3. The zero-order valence-corrected chi connectivity index (χ0v) is 16.0. The highest BCUT2D eigenvalue weighted by molar-refractivity contribution is 5.87. The molecule has 1 aliphatic rings. The Morgan fingerprint density at radius 3 is 2.36 bits per heavy atom. The van der Waals surface area contributed by atoms with Crippen molar-refractivity contribution in [3.05, 3.63) is 60.2 Å². The van der Waals surface area contributed by atoms with E-state index in [1.807, 2.05) is 42.5 Å². The number of nitrogen functional groups attached to an aromatic ring is 1. The lowest BCUT2D eigenvalue weighted by atomic mass is 10.1. The number of nitrogens with two attached hydrogens (primary N) is 1. The molecule has 5 N–H and O–H groups in total. The minimum atomic E-state index is 0.680. The van der Waals surface area contributed by atoms with E-state index in [9.17, 15) is 0 Å². The first kappa shape index (κ1) is 17.9. The number of rotatable bonds is 4. The highest BCUT2D eigenvalue weighted by Crippen LogP contribution is 2.37. The van der Waals surface area contributed by atoms with Gasteiger partial charge in [-0.3, -0.25) is 0 Å². The molecule has 0 atom stereocenters. The molecule has 0 amide bonds. The summed E-state index contributed by atoms with van der Waals surface area (Å²) in [7, 11) is 3.34. The maximum Gasteiger partial charge on any atom is 0.119 e. The van der Waals surface area contributed by atoms with Crippen molar-refractivity contribution >= 4 is 34.1 Å². The van der Waals surface area contributed by atoms with Gasteiger partial charge in [0.2, 0.25) is 0 Å². The van der Waals surface area contributed by atoms with Crippen LogP contribution in [-0.4, -0.2) is 20.8 Å². The molecule has 0 saturated carbocycles. The van der Waals surface area contributed by atoms with Crippen molar-refractivity contribution in [2.24, 2.45) is 0 Å². The molecule has 1 aliphatic heterocycles. The second-order valence-electron chi connectivity index (χ2n) is 6.66. The van der Waals surface area contributed by atoms with Crippen molar-refractivity contribution in [1.82, 2.24) is 0 Å². The van der Waals surface area contributed by atoms with Crippen molar-refractivity contribution in [1.29, 1.82) is 0 Å². The van der Waals surface area contributed by atoms with Gasteiger partial charge in [-0.15, -0.1) is 0 Å². The monoisotopic (exact) mass is 376 g/mol. The van der Waals surface area contributed by atoms with E-state index in [0.717, 1.165) is 52.9 Å². The Labute approximate surface area is 164 Å². The molecule has 0 spiro atoms. The number of ether oxygens (including phenoxy) is 2. The second kappa shape index (κ2) is 7.60. The minimum Gasteiger partial charge on any atom is -0.497 e. The maximum absolute atomic E-state index is 6.30. The average Bonchev–Trinajstić information content (AvgIpc) is 2.71. The molecule has 0 unspecified atom stereocenters. The predicted molar refractivity (Wildman–Crippen MR) is 116 cm³/mol. The summed E-state index contributed by atoms with van der Waals surface area (Å²) in [6.45, 7) is 0.819. The van der Waals surface area contributed by atoms with Crippen LogP contribution < -0.4 is 31.2 Å². The first-order chi connectivity index (χ1) is 13.7. The highest BCUT2D eigenvalue weighted by Gasteiger charge is 2.14. The summed E-state index contributed by atoms with van der Waals surface area (Å²) >= 11 is 0. The standard InChI is InChI=1S/C22H24N4O2/c1-27-16-5-3-15(4-6-16)25-20-13-22-21(12-18(20)23)24-10-9-14-11-17(28-2)7-8-19(14)26-22/h3-8,11-13,24-26H,9-10,23H2,1-2H3. The summed E-state index contributed by atoms with van der Waals surface area (Å²) < 4.78 is 10.6. The number of fused-ring (bicyclic) bond motifs is 2. The van der Waals surface area contributed by atoms with E-state index >= 15 is 0 Å². The van der Waals surface area contributed by atoms with Crippen molar-refractivity contribution < 1.29 is 9.47 Å². The zero-order valence-electron chi connectivity index (χ0n) is 16.0. The van der Waals surface area contributed by atoms with E-state index in [0.29, 0.717) is 5.69 Å². The smallest absolute Gasteiger partial charge is 0.119 e. The van der Waals surface area contributed by atoms with Gasteiger partial charge in [0.1, 0.15) is 11.5 Å². The summed E-state index contributed by atoms with van der Waals surface area (Å²) in [6, 6.07) is 17.8. The fourth-order valence-electron chi connectivity index (χ4n) is 3.31. The molecular weight excluding hydrogens is 352 g/mol. The number of methoxy groups -OCH3 is 2. The summed E-state index contributed by atoms with van der Waals surface area (Å²) in [4.78, 5) is 0. The van der Waals surface area contributed by atoms with Crippen LogP contribution in [0, 0.1) is 0 Å². The quantitative estimate of drug-likeness (QED) is 0.493. The van der Waals surface area contributed by atoms with E-state index in [4.69, 9.17) is 15.2 Å². The Balaban J connectivity index is 1.65. The van der Waals surface area contributed by atoms with Crippen LogP contribution in [0.2, 0.25) is 0 Å². The Morgan fingerprint density at radius 2 is 1.61 bits per heavy atom. The van der Waals surface area contributed by atoms with Gasteiger partial charge in [-0.1, -0.05) is 0 Å². The van der Waals surface area contributed by atoms with Gasteiger partial charge in [-0.25, -0.2) is 0 Å². The van der Waals surface area contributed by atoms with E-state index in [2.05, 4.69) is 28.1 Å². The van der Waals surface area contributed by atoms with Crippen LogP contribution in [0.3, 0.4) is 0 Å². The van der Waals surface area contributed by atoms with E-state index in [1.54, 1.807) is 14.2 Å². The zero-order chi connectivity index (χ0) is 19.5. The van der Waals surface area contributed by atoms with Crippen molar-refractivity contribution in [3.63, 3.8) is 0 Å². The van der Waals surface area contributed by atoms with Crippen LogP contribution >= 0.6 is 0 Å². The van der Waals surface area contributed by atoms with Gasteiger partial charge in [-0.05, 0) is 66.6 Å². The van der Waals surface area contributed by atoms with Crippen molar-refractivity contribution in [2.45, 2.75) is 6.42 Å². The summed E-state index contributed by atoms with van der Waals surface area (Å²) in [5.41, 5.74) is 13.0. The molecule has 4 rings (SSSR count). The van der Waals surface area contributed by atoms with Gasteiger partial charge in [0.15, 0.2) is 0 Å². The largest absolute Gasteiger partial charge is 0.497 e. The molecule has 6 nitrogen and oxygen atoms in total. The highest BCUT2D eigenvalue weighted by atomic mass is 16.5. The topological polar surface area (TPSA) is 80.6 Å². The maximum atomic E-state index is 6.30. The SMILES string of the molecule is COc1ccc(Nc2cc3c(cc2N)NCCc2cc(OC)ccc2N3)cc1. The van der Waals surface area contributed by atoms with Gasteiger partial charge in [0.05, 0.1) is 37.0 Å². The molecule has 3 aromatic carbocycles. The van der Waals surface area contributed by atoms with Crippen LogP contribution in [-0.2, 0) is 6.42 Å². The molecule has 3 aromatic rings. The van der Waals surface area contributed by atoms with Crippen LogP contribution in [0.4, 0.5) is 34.1 Å². The molecule has 1 heterocycles. The average molecular weight is 376 g/mol. The lowest BCUT2D eigenvalue weighted by molar-refractivity contribution is 0.414. The fourth-order valence-corrected chi connectivity index (χ4v) is 3.31. The Bertz CT molecular complexity index is 987. The van der Waals surface area contributed by atoms with Gasteiger partial charge < -0.3 is 31.2 Å². The summed E-state index contributed by atoms with van der Waals surface area (Å²) in [6.07, 6.45) is 0.894. The number of nitrogens with one attached hydrogen (secondary N) is 3. The van der Waals surface area contributed by atoms with Crippen LogP contribution in [0.15, 0.2) is 54.6 Å². The van der Waals surface area contributed by atoms with E-state index in [1.165, 1.54) is 5.56 Å². The molecule has 0 bridgehead atoms. The van der Waals surface area contributed by atoms with E-state index < -0.39 is 0 Å². The molecule has 0 saturated heterocycles.